The van der Waals surface area contributed by atoms with Crippen molar-refractivity contribution >= 4 is 0 Å². The van der Waals surface area contributed by atoms with Gasteiger partial charge in [-0.05, 0) is 43.9 Å². The molecule has 130 valence electrons. The van der Waals surface area contributed by atoms with Gasteiger partial charge < -0.3 is 9.47 Å². The van der Waals surface area contributed by atoms with Crippen LogP contribution in [0.25, 0.3) is 0 Å². The van der Waals surface area contributed by atoms with Gasteiger partial charge in [-0.25, -0.2) is 0 Å². The van der Waals surface area contributed by atoms with Crippen LogP contribution in [0.4, 0.5) is 0 Å². The maximum atomic E-state index is 6.37. The van der Waals surface area contributed by atoms with Gasteiger partial charge in [0, 0.05) is 7.11 Å². The third-order valence-corrected chi connectivity index (χ3v) is 6.19. The summed E-state index contributed by atoms with van der Waals surface area (Å²) in [5.41, 5.74) is 0.179. The van der Waals surface area contributed by atoms with Gasteiger partial charge >= 0.3 is 0 Å². The summed E-state index contributed by atoms with van der Waals surface area (Å²) in [5, 5.41) is 0. The fourth-order valence-electron chi connectivity index (χ4n) is 4.75. The first-order valence-corrected chi connectivity index (χ1v) is 9.92. The van der Waals surface area contributed by atoms with Crippen LogP contribution < -0.4 is 0 Å². The quantitative estimate of drug-likeness (QED) is 0.506. The maximum Gasteiger partial charge on any atom is 0.0707 e. The van der Waals surface area contributed by atoms with Crippen molar-refractivity contribution in [2.24, 2.45) is 11.8 Å². The van der Waals surface area contributed by atoms with E-state index in [9.17, 15) is 0 Å². The molecule has 0 bridgehead atoms. The molecule has 0 aromatic heterocycles. The van der Waals surface area contributed by atoms with E-state index in [1.165, 1.54) is 83.5 Å². The van der Waals surface area contributed by atoms with Gasteiger partial charge in [0.2, 0.25) is 0 Å². The second kappa shape index (κ2) is 9.93. The number of hydrogen-bond acceptors (Lipinski definition) is 2. The molecule has 22 heavy (non-hydrogen) atoms. The fourth-order valence-corrected chi connectivity index (χ4v) is 4.75. The van der Waals surface area contributed by atoms with E-state index in [0.717, 1.165) is 25.0 Å². The van der Waals surface area contributed by atoms with E-state index in [-0.39, 0.29) is 5.60 Å². The van der Waals surface area contributed by atoms with Crippen molar-refractivity contribution in [1.82, 2.24) is 0 Å². The molecule has 2 fully saturated rings. The molecule has 0 spiro atoms. The van der Waals surface area contributed by atoms with Crippen LogP contribution in [0.5, 0.6) is 0 Å². The molecule has 2 aliphatic rings. The minimum atomic E-state index is 0.179. The van der Waals surface area contributed by atoms with Crippen molar-refractivity contribution in [3.05, 3.63) is 0 Å². The zero-order chi connectivity index (χ0) is 15.7. The van der Waals surface area contributed by atoms with E-state index in [2.05, 4.69) is 6.92 Å². The van der Waals surface area contributed by atoms with Crippen LogP contribution in [0, 0.1) is 11.8 Å². The second-order valence-corrected chi connectivity index (χ2v) is 7.72. The summed E-state index contributed by atoms with van der Waals surface area (Å²) in [6, 6.07) is 0. The highest BCUT2D eigenvalue weighted by Gasteiger charge is 2.38. The average Bonchev–Trinajstić information content (AvgIpc) is 2.57. The molecule has 0 aromatic carbocycles. The number of unbranched alkanes of at least 4 members (excludes halogenated alkanes) is 2. The molecule has 0 radical (unpaired) electrons. The monoisotopic (exact) mass is 310 g/mol. The zero-order valence-corrected chi connectivity index (χ0v) is 15.1. The highest BCUT2D eigenvalue weighted by Crippen LogP contribution is 2.44. The smallest absolute Gasteiger partial charge is 0.0707 e. The Morgan fingerprint density at radius 1 is 0.864 bits per heavy atom. The first-order valence-electron chi connectivity index (χ1n) is 9.92. The van der Waals surface area contributed by atoms with Crippen LogP contribution in [0.1, 0.15) is 90.4 Å². The third-order valence-electron chi connectivity index (χ3n) is 6.19. The molecule has 0 atom stereocenters. The summed E-state index contributed by atoms with van der Waals surface area (Å²) in [7, 11) is 1.77. The Morgan fingerprint density at radius 3 is 2.18 bits per heavy atom. The van der Waals surface area contributed by atoms with E-state index in [1.807, 2.05) is 0 Å². The van der Waals surface area contributed by atoms with Gasteiger partial charge in [0.05, 0.1) is 18.8 Å². The highest BCUT2D eigenvalue weighted by atomic mass is 16.5. The molecule has 0 aromatic rings. The SMILES string of the molecule is CCCCC[C@]1(OCCOC)CC[C@@H](C2CCCCC2)CC1. The lowest BCUT2D eigenvalue weighted by Crippen LogP contribution is -2.39. The van der Waals surface area contributed by atoms with Crippen molar-refractivity contribution in [1.29, 1.82) is 0 Å². The Bertz CT molecular complexity index is 263. The van der Waals surface area contributed by atoms with Crippen LogP contribution in [0.3, 0.4) is 0 Å². The fraction of sp³-hybridized carbons (Fsp3) is 1.00. The number of ether oxygens (including phenoxy) is 2. The Balaban J connectivity index is 1.82. The van der Waals surface area contributed by atoms with Crippen molar-refractivity contribution in [2.75, 3.05) is 20.3 Å². The van der Waals surface area contributed by atoms with E-state index in [1.54, 1.807) is 7.11 Å². The summed E-state index contributed by atoms with van der Waals surface area (Å²) in [6.45, 7) is 3.80. The Morgan fingerprint density at radius 2 is 1.55 bits per heavy atom. The van der Waals surface area contributed by atoms with Gasteiger partial charge in [-0.3, -0.25) is 0 Å². The van der Waals surface area contributed by atoms with Crippen molar-refractivity contribution in [3.8, 4) is 0 Å². The molecule has 0 saturated heterocycles. The lowest BCUT2D eigenvalue weighted by atomic mass is 9.68. The molecule has 2 aliphatic carbocycles. The molecule has 0 heterocycles. The third kappa shape index (κ3) is 5.53. The normalized spacial score (nSPS) is 30.5. The molecular weight excluding hydrogens is 272 g/mol. The van der Waals surface area contributed by atoms with Crippen molar-refractivity contribution in [3.63, 3.8) is 0 Å². The maximum absolute atomic E-state index is 6.37. The highest BCUT2D eigenvalue weighted by molar-refractivity contribution is 4.90. The summed E-state index contributed by atoms with van der Waals surface area (Å²) >= 11 is 0. The van der Waals surface area contributed by atoms with E-state index >= 15 is 0 Å². The van der Waals surface area contributed by atoms with Gasteiger partial charge in [-0.2, -0.15) is 0 Å². The van der Waals surface area contributed by atoms with Gasteiger partial charge in [-0.15, -0.1) is 0 Å². The van der Waals surface area contributed by atoms with Crippen LogP contribution >= 0.6 is 0 Å². The second-order valence-electron chi connectivity index (χ2n) is 7.72. The lowest BCUT2D eigenvalue weighted by molar-refractivity contribution is -0.101. The van der Waals surface area contributed by atoms with Crippen LogP contribution in [-0.2, 0) is 9.47 Å². The summed E-state index contributed by atoms with van der Waals surface area (Å²) in [6.07, 6.45) is 18.1. The molecule has 2 heteroatoms. The predicted molar refractivity (Wildman–Crippen MR) is 93.2 cm³/mol. The molecule has 0 amide bonds. The largest absolute Gasteiger partial charge is 0.382 e. The van der Waals surface area contributed by atoms with Gasteiger partial charge in [0.1, 0.15) is 0 Å². The minimum Gasteiger partial charge on any atom is -0.382 e. The molecule has 2 saturated carbocycles. The zero-order valence-electron chi connectivity index (χ0n) is 15.1. The summed E-state index contributed by atoms with van der Waals surface area (Å²) < 4.78 is 11.6. The van der Waals surface area contributed by atoms with Crippen molar-refractivity contribution in [2.45, 2.75) is 96.0 Å². The van der Waals surface area contributed by atoms with Gasteiger partial charge in [0.25, 0.3) is 0 Å². The number of hydrogen-bond donors (Lipinski definition) is 0. The lowest BCUT2D eigenvalue weighted by Gasteiger charge is -2.43. The van der Waals surface area contributed by atoms with E-state index in [0.29, 0.717) is 0 Å². The van der Waals surface area contributed by atoms with Crippen LogP contribution in [-0.4, -0.2) is 25.9 Å². The van der Waals surface area contributed by atoms with Gasteiger partial charge in [0.15, 0.2) is 0 Å². The molecule has 0 aliphatic heterocycles. The Labute approximate surface area is 138 Å². The standard InChI is InChI=1S/C20H38O2/c1-3-4-8-13-20(22-17-16-21-2)14-11-19(12-15-20)18-9-6-5-7-10-18/h18-19H,3-17H2,1-2H3/t19-,20+. The Kier molecular flexibility index (Phi) is 8.24. The average molecular weight is 311 g/mol. The van der Waals surface area contributed by atoms with Crippen LogP contribution in [0.2, 0.25) is 0 Å². The molecule has 0 N–H and O–H groups in total. The first-order chi connectivity index (χ1) is 10.8. The molecule has 2 rings (SSSR count). The minimum absolute atomic E-state index is 0.179. The number of methoxy groups -OCH3 is 1. The van der Waals surface area contributed by atoms with Gasteiger partial charge in [-0.1, -0.05) is 58.3 Å². The topological polar surface area (TPSA) is 18.5 Å². The number of rotatable bonds is 9. The summed E-state index contributed by atoms with van der Waals surface area (Å²) in [5.74, 6) is 2.02. The predicted octanol–water partition coefficient (Wildman–Crippen LogP) is 5.74. The van der Waals surface area contributed by atoms with E-state index in [4.69, 9.17) is 9.47 Å². The molecular formula is C20H38O2. The summed E-state index contributed by atoms with van der Waals surface area (Å²) in [4.78, 5) is 0. The van der Waals surface area contributed by atoms with E-state index < -0.39 is 0 Å². The van der Waals surface area contributed by atoms with Crippen molar-refractivity contribution < 1.29 is 9.47 Å². The molecule has 2 nitrogen and oxygen atoms in total. The first kappa shape index (κ1) is 18.3. The Hall–Kier alpha value is -0.0800. The molecule has 0 unspecified atom stereocenters. The van der Waals surface area contributed by atoms with Crippen LogP contribution in [0.15, 0.2) is 0 Å².